The summed E-state index contributed by atoms with van der Waals surface area (Å²) in [5.41, 5.74) is 1.35. The van der Waals surface area contributed by atoms with Gasteiger partial charge in [0.15, 0.2) is 0 Å². The fraction of sp³-hybridized carbons (Fsp3) is 0.588. The van der Waals surface area contributed by atoms with Gasteiger partial charge in [0.05, 0.1) is 6.42 Å². The average molecular weight is 290 g/mol. The van der Waals surface area contributed by atoms with Gasteiger partial charge in [-0.3, -0.25) is 14.6 Å². The van der Waals surface area contributed by atoms with Gasteiger partial charge in [-0.2, -0.15) is 0 Å². The molecule has 1 N–H and O–H groups in total. The fourth-order valence-electron chi connectivity index (χ4n) is 3.16. The van der Waals surface area contributed by atoms with Crippen LogP contribution in [0, 0.1) is 0 Å². The van der Waals surface area contributed by atoms with Crippen LogP contribution in [0.1, 0.15) is 32.3 Å². The van der Waals surface area contributed by atoms with E-state index in [4.69, 9.17) is 5.11 Å². The summed E-state index contributed by atoms with van der Waals surface area (Å²) < 4.78 is 0. The third-order valence-corrected chi connectivity index (χ3v) is 4.21. The minimum Gasteiger partial charge on any atom is -0.481 e. The fourth-order valence-corrected chi connectivity index (χ4v) is 3.16. The maximum atomic E-state index is 10.8. The monoisotopic (exact) mass is 290 g/mol. The van der Waals surface area contributed by atoms with Crippen molar-refractivity contribution in [1.29, 1.82) is 0 Å². The summed E-state index contributed by atoms with van der Waals surface area (Å²) in [7, 11) is 0. The van der Waals surface area contributed by atoms with E-state index in [2.05, 4.69) is 47.9 Å². The highest BCUT2D eigenvalue weighted by Crippen LogP contribution is 2.20. The SMILES string of the molecule is CC(C)N(CCC(=O)O)C1CCN(Cc2ccccc2)C1. The van der Waals surface area contributed by atoms with Gasteiger partial charge in [-0.1, -0.05) is 30.3 Å². The molecule has 2 rings (SSSR count). The molecule has 4 nitrogen and oxygen atoms in total. The van der Waals surface area contributed by atoms with Gasteiger partial charge < -0.3 is 5.11 Å². The standard InChI is InChI=1S/C17H26N2O2/c1-14(2)19(11-9-17(20)21)16-8-10-18(13-16)12-15-6-4-3-5-7-15/h3-7,14,16H,8-13H2,1-2H3,(H,20,21). The largest absolute Gasteiger partial charge is 0.481 e. The van der Waals surface area contributed by atoms with E-state index in [-0.39, 0.29) is 6.42 Å². The molecule has 1 aromatic rings. The summed E-state index contributed by atoms with van der Waals surface area (Å²) in [5.74, 6) is -0.709. The summed E-state index contributed by atoms with van der Waals surface area (Å²) >= 11 is 0. The molecule has 1 fully saturated rings. The number of rotatable bonds is 7. The van der Waals surface area contributed by atoms with E-state index in [1.165, 1.54) is 5.56 Å². The Balaban J connectivity index is 1.88. The second kappa shape index (κ2) is 7.57. The molecular weight excluding hydrogens is 264 g/mol. The van der Waals surface area contributed by atoms with Crippen molar-refractivity contribution in [3.05, 3.63) is 35.9 Å². The lowest BCUT2D eigenvalue weighted by Gasteiger charge is -2.32. The quantitative estimate of drug-likeness (QED) is 0.837. The van der Waals surface area contributed by atoms with Crippen LogP contribution in [-0.4, -0.2) is 52.6 Å². The van der Waals surface area contributed by atoms with Crippen molar-refractivity contribution in [3.63, 3.8) is 0 Å². The molecule has 0 amide bonds. The summed E-state index contributed by atoms with van der Waals surface area (Å²) in [4.78, 5) is 15.6. The molecule has 0 radical (unpaired) electrons. The van der Waals surface area contributed by atoms with Crippen molar-refractivity contribution < 1.29 is 9.90 Å². The van der Waals surface area contributed by atoms with Crippen LogP contribution in [0.4, 0.5) is 0 Å². The van der Waals surface area contributed by atoms with Crippen LogP contribution in [0.5, 0.6) is 0 Å². The first-order valence-electron chi connectivity index (χ1n) is 7.80. The van der Waals surface area contributed by atoms with E-state index in [1.54, 1.807) is 0 Å². The number of carboxylic acids is 1. The van der Waals surface area contributed by atoms with Crippen molar-refractivity contribution in [2.75, 3.05) is 19.6 Å². The van der Waals surface area contributed by atoms with Crippen LogP contribution < -0.4 is 0 Å². The molecule has 1 unspecified atom stereocenters. The molecule has 1 aromatic carbocycles. The Morgan fingerprint density at radius 3 is 2.71 bits per heavy atom. The van der Waals surface area contributed by atoms with Crippen molar-refractivity contribution in [2.24, 2.45) is 0 Å². The normalized spacial score (nSPS) is 19.5. The molecule has 4 heteroatoms. The van der Waals surface area contributed by atoms with Crippen LogP contribution in [0.3, 0.4) is 0 Å². The third-order valence-electron chi connectivity index (χ3n) is 4.21. The topological polar surface area (TPSA) is 43.8 Å². The van der Waals surface area contributed by atoms with E-state index in [1.807, 2.05) is 6.07 Å². The maximum absolute atomic E-state index is 10.8. The molecule has 0 aliphatic carbocycles. The van der Waals surface area contributed by atoms with Crippen LogP contribution in [0.15, 0.2) is 30.3 Å². The van der Waals surface area contributed by atoms with Gasteiger partial charge >= 0.3 is 5.97 Å². The Morgan fingerprint density at radius 1 is 1.38 bits per heavy atom. The molecular formula is C17H26N2O2. The molecule has 1 saturated heterocycles. The number of aliphatic carboxylic acids is 1. The zero-order valence-corrected chi connectivity index (χ0v) is 13.0. The smallest absolute Gasteiger partial charge is 0.304 e. The molecule has 0 spiro atoms. The highest BCUT2D eigenvalue weighted by molar-refractivity contribution is 5.66. The zero-order chi connectivity index (χ0) is 15.2. The van der Waals surface area contributed by atoms with Gasteiger partial charge in [-0.05, 0) is 25.8 Å². The second-order valence-corrected chi connectivity index (χ2v) is 6.14. The van der Waals surface area contributed by atoms with Gasteiger partial charge in [-0.25, -0.2) is 0 Å². The second-order valence-electron chi connectivity index (χ2n) is 6.14. The number of nitrogens with zero attached hydrogens (tertiary/aromatic N) is 2. The van der Waals surface area contributed by atoms with Crippen molar-refractivity contribution in [3.8, 4) is 0 Å². The predicted molar refractivity (Wildman–Crippen MR) is 84.2 cm³/mol. The molecule has 1 aliphatic rings. The van der Waals surface area contributed by atoms with E-state index in [0.717, 1.165) is 26.1 Å². The summed E-state index contributed by atoms with van der Waals surface area (Å²) in [5, 5.41) is 8.90. The molecule has 116 valence electrons. The van der Waals surface area contributed by atoms with E-state index >= 15 is 0 Å². The summed E-state index contributed by atoms with van der Waals surface area (Å²) in [6, 6.07) is 11.4. The highest BCUT2D eigenvalue weighted by atomic mass is 16.4. The minimum atomic E-state index is -0.709. The Labute approximate surface area is 127 Å². The summed E-state index contributed by atoms with van der Waals surface area (Å²) in [6.07, 6.45) is 1.36. The molecule has 0 aromatic heterocycles. The Bertz CT molecular complexity index is 447. The summed E-state index contributed by atoms with van der Waals surface area (Å²) in [6.45, 7) is 8.07. The first-order valence-corrected chi connectivity index (χ1v) is 7.80. The third kappa shape index (κ3) is 4.83. The van der Waals surface area contributed by atoms with Gasteiger partial charge in [0.1, 0.15) is 0 Å². The van der Waals surface area contributed by atoms with Crippen LogP contribution >= 0.6 is 0 Å². The average Bonchev–Trinajstić information content (AvgIpc) is 2.87. The van der Waals surface area contributed by atoms with E-state index in [9.17, 15) is 4.79 Å². The number of benzene rings is 1. The lowest BCUT2D eigenvalue weighted by molar-refractivity contribution is -0.137. The lowest BCUT2D eigenvalue weighted by Crippen LogP contribution is -2.43. The van der Waals surface area contributed by atoms with Gasteiger partial charge in [0.2, 0.25) is 0 Å². The van der Waals surface area contributed by atoms with Crippen LogP contribution in [-0.2, 0) is 11.3 Å². The first-order chi connectivity index (χ1) is 10.1. The molecule has 1 heterocycles. The maximum Gasteiger partial charge on any atom is 0.304 e. The lowest BCUT2D eigenvalue weighted by atomic mass is 10.1. The molecule has 0 saturated carbocycles. The molecule has 21 heavy (non-hydrogen) atoms. The highest BCUT2D eigenvalue weighted by Gasteiger charge is 2.29. The van der Waals surface area contributed by atoms with Crippen LogP contribution in [0.2, 0.25) is 0 Å². The van der Waals surface area contributed by atoms with E-state index < -0.39 is 5.97 Å². The molecule has 0 bridgehead atoms. The Kier molecular flexibility index (Phi) is 5.76. The van der Waals surface area contributed by atoms with Crippen molar-refractivity contribution in [1.82, 2.24) is 9.80 Å². The molecule has 1 aliphatic heterocycles. The number of hydrogen-bond donors (Lipinski definition) is 1. The number of carboxylic acid groups (broad SMARTS) is 1. The van der Waals surface area contributed by atoms with Gasteiger partial charge in [-0.15, -0.1) is 0 Å². The number of carbonyl (C=O) groups is 1. The number of likely N-dealkylation sites (tertiary alicyclic amines) is 1. The Morgan fingerprint density at radius 2 is 2.10 bits per heavy atom. The molecule has 1 atom stereocenters. The first kappa shape index (κ1) is 16.0. The van der Waals surface area contributed by atoms with Gasteiger partial charge in [0.25, 0.3) is 0 Å². The van der Waals surface area contributed by atoms with Gasteiger partial charge in [0, 0.05) is 38.3 Å². The Hall–Kier alpha value is -1.39. The number of hydrogen-bond acceptors (Lipinski definition) is 3. The zero-order valence-electron chi connectivity index (χ0n) is 13.0. The van der Waals surface area contributed by atoms with Crippen molar-refractivity contribution in [2.45, 2.75) is 45.3 Å². The predicted octanol–water partition coefficient (Wildman–Crippen LogP) is 2.45. The van der Waals surface area contributed by atoms with E-state index in [0.29, 0.717) is 18.6 Å². The minimum absolute atomic E-state index is 0.230. The van der Waals surface area contributed by atoms with Crippen molar-refractivity contribution >= 4 is 5.97 Å². The van der Waals surface area contributed by atoms with Crippen LogP contribution in [0.25, 0.3) is 0 Å².